The summed E-state index contributed by atoms with van der Waals surface area (Å²) in [5.74, 6) is 0.993. The smallest absolute Gasteiger partial charge is 0.149 e. The molecule has 0 aromatic carbocycles. The van der Waals surface area contributed by atoms with E-state index in [1.807, 2.05) is 19.4 Å². The highest BCUT2D eigenvalue weighted by Gasteiger charge is 2.25. The number of aryl methyl sites for hydroxylation is 1. The lowest BCUT2D eigenvalue weighted by Gasteiger charge is -2.13. The van der Waals surface area contributed by atoms with Crippen LogP contribution in [0.3, 0.4) is 0 Å². The number of nitrogens with one attached hydrogen (secondary N) is 1. The van der Waals surface area contributed by atoms with Crippen molar-refractivity contribution in [1.82, 2.24) is 4.98 Å². The fourth-order valence-corrected chi connectivity index (χ4v) is 1.41. The van der Waals surface area contributed by atoms with Crippen molar-refractivity contribution in [2.24, 2.45) is 0 Å². The fraction of sp³-hybridized carbons (Fsp3) is 0.545. The summed E-state index contributed by atoms with van der Waals surface area (Å²) < 4.78 is 5.87. The molecule has 0 aliphatic heterocycles. The van der Waals surface area contributed by atoms with Gasteiger partial charge < -0.3 is 10.1 Å². The van der Waals surface area contributed by atoms with Crippen molar-refractivity contribution >= 4 is 5.69 Å². The zero-order valence-corrected chi connectivity index (χ0v) is 8.71. The molecule has 0 atom stereocenters. The SMILES string of the molecule is CCc1cncc(NC)c1OC1CC1. The van der Waals surface area contributed by atoms with Gasteiger partial charge in [0.1, 0.15) is 5.75 Å². The summed E-state index contributed by atoms with van der Waals surface area (Å²) in [7, 11) is 1.90. The highest BCUT2D eigenvalue weighted by molar-refractivity contribution is 5.58. The van der Waals surface area contributed by atoms with Gasteiger partial charge in [-0.15, -0.1) is 0 Å². The molecule has 3 nitrogen and oxygen atoms in total. The summed E-state index contributed by atoms with van der Waals surface area (Å²) >= 11 is 0. The van der Waals surface area contributed by atoms with Crippen LogP contribution < -0.4 is 10.1 Å². The van der Waals surface area contributed by atoms with Gasteiger partial charge in [0, 0.05) is 18.8 Å². The first-order valence-corrected chi connectivity index (χ1v) is 5.16. The molecule has 0 bridgehead atoms. The molecule has 1 fully saturated rings. The van der Waals surface area contributed by atoms with E-state index in [1.54, 1.807) is 0 Å². The van der Waals surface area contributed by atoms with E-state index in [0.717, 1.165) is 17.9 Å². The number of aromatic nitrogens is 1. The Morgan fingerprint density at radius 2 is 2.29 bits per heavy atom. The molecular formula is C11H16N2O. The predicted molar refractivity (Wildman–Crippen MR) is 56.8 cm³/mol. The Balaban J connectivity index is 2.29. The van der Waals surface area contributed by atoms with Crippen LogP contribution in [0.4, 0.5) is 5.69 Å². The number of hydrogen-bond acceptors (Lipinski definition) is 3. The van der Waals surface area contributed by atoms with Crippen LogP contribution in [0.25, 0.3) is 0 Å². The van der Waals surface area contributed by atoms with Gasteiger partial charge in [0.25, 0.3) is 0 Å². The topological polar surface area (TPSA) is 34.2 Å². The van der Waals surface area contributed by atoms with Gasteiger partial charge in [-0.1, -0.05) is 6.92 Å². The molecule has 2 rings (SSSR count). The first kappa shape index (κ1) is 9.31. The minimum atomic E-state index is 0.440. The zero-order valence-electron chi connectivity index (χ0n) is 8.71. The fourth-order valence-electron chi connectivity index (χ4n) is 1.41. The molecule has 1 N–H and O–H groups in total. The standard InChI is InChI=1S/C11H16N2O/c1-3-8-6-13-7-10(12-2)11(8)14-9-4-5-9/h6-7,9,12H,3-5H2,1-2H3. The van der Waals surface area contributed by atoms with Crippen molar-refractivity contribution in [3.63, 3.8) is 0 Å². The molecule has 0 radical (unpaired) electrons. The van der Waals surface area contributed by atoms with Gasteiger partial charge in [0.2, 0.25) is 0 Å². The Kier molecular flexibility index (Phi) is 2.57. The van der Waals surface area contributed by atoms with Crippen molar-refractivity contribution in [2.75, 3.05) is 12.4 Å². The van der Waals surface area contributed by atoms with E-state index in [-0.39, 0.29) is 0 Å². The molecule has 1 saturated carbocycles. The Hall–Kier alpha value is -1.25. The van der Waals surface area contributed by atoms with E-state index < -0.39 is 0 Å². The third-order valence-corrected chi connectivity index (χ3v) is 2.43. The van der Waals surface area contributed by atoms with E-state index in [0.29, 0.717) is 6.10 Å². The van der Waals surface area contributed by atoms with Gasteiger partial charge in [-0.2, -0.15) is 0 Å². The largest absolute Gasteiger partial charge is 0.488 e. The minimum Gasteiger partial charge on any atom is -0.488 e. The predicted octanol–water partition coefficient (Wildman–Crippen LogP) is 2.23. The third kappa shape index (κ3) is 1.81. The minimum absolute atomic E-state index is 0.440. The van der Waals surface area contributed by atoms with Crippen molar-refractivity contribution in [2.45, 2.75) is 32.3 Å². The van der Waals surface area contributed by atoms with E-state index >= 15 is 0 Å². The van der Waals surface area contributed by atoms with E-state index in [9.17, 15) is 0 Å². The summed E-state index contributed by atoms with van der Waals surface area (Å²) in [6.07, 6.45) is 7.48. The van der Waals surface area contributed by atoms with Crippen LogP contribution in [-0.2, 0) is 6.42 Å². The third-order valence-electron chi connectivity index (χ3n) is 2.43. The Bertz CT molecular complexity index is 299. The molecule has 1 aromatic heterocycles. The average molecular weight is 192 g/mol. The quantitative estimate of drug-likeness (QED) is 0.794. The Morgan fingerprint density at radius 3 is 2.86 bits per heavy atom. The molecule has 14 heavy (non-hydrogen) atoms. The molecule has 0 spiro atoms. The number of hydrogen-bond donors (Lipinski definition) is 1. The molecule has 3 heteroatoms. The number of rotatable bonds is 4. The molecule has 0 unspecified atom stereocenters. The van der Waals surface area contributed by atoms with Crippen LogP contribution in [0.2, 0.25) is 0 Å². The number of ether oxygens (including phenoxy) is 1. The van der Waals surface area contributed by atoms with Crippen LogP contribution in [0.5, 0.6) is 5.75 Å². The van der Waals surface area contributed by atoms with Crippen molar-refractivity contribution < 1.29 is 4.74 Å². The monoisotopic (exact) mass is 192 g/mol. The van der Waals surface area contributed by atoms with Gasteiger partial charge in [-0.05, 0) is 19.3 Å². The zero-order chi connectivity index (χ0) is 9.97. The lowest BCUT2D eigenvalue weighted by Crippen LogP contribution is -2.03. The summed E-state index contributed by atoms with van der Waals surface area (Å²) in [6.45, 7) is 2.12. The van der Waals surface area contributed by atoms with Crippen molar-refractivity contribution in [3.05, 3.63) is 18.0 Å². The van der Waals surface area contributed by atoms with Crippen LogP contribution in [0.1, 0.15) is 25.3 Å². The second-order valence-electron chi connectivity index (χ2n) is 3.60. The molecule has 1 aromatic rings. The Morgan fingerprint density at radius 1 is 1.50 bits per heavy atom. The van der Waals surface area contributed by atoms with Gasteiger partial charge in [0.05, 0.1) is 18.0 Å². The summed E-state index contributed by atoms with van der Waals surface area (Å²) in [6, 6.07) is 0. The molecule has 1 aliphatic carbocycles. The normalized spacial score (nSPS) is 15.3. The number of pyridine rings is 1. The van der Waals surface area contributed by atoms with Crippen molar-refractivity contribution in [3.8, 4) is 5.75 Å². The second-order valence-corrected chi connectivity index (χ2v) is 3.60. The maximum absolute atomic E-state index is 5.87. The van der Waals surface area contributed by atoms with Gasteiger partial charge in [-0.3, -0.25) is 4.98 Å². The molecule has 1 aliphatic rings. The molecule has 76 valence electrons. The molecule has 0 saturated heterocycles. The average Bonchev–Trinajstić information content (AvgIpc) is 3.02. The summed E-state index contributed by atoms with van der Waals surface area (Å²) in [5.41, 5.74) is 2.18. The highest BCUT2D eigenvalue weighted by Crippen LogP contribution is 2.34. The lowest BCUT2D eigenvalue weighted by molar-refractivity contribution is 0.301. The highest BCUT2D eigenvalue weighted by atomic mass is 16.5. The van der Waals surface area contributed by atoms with Gasteiger partial charge in [-0.25, -0.2) is 0 Å². The lowest BCUT2D eigenvalue weighted by atomic mass is 10.2. The van der Waals surface area contributed by atoms with Crippen LogP contribution in [0, 0.1) is 0 Å². The van der Waals surface area contributed by atoms with E-state index in [2.05, 4.69) is 17.2 Å². The van der Waals surface area contributed by atoms with Crippen LogP contribution >= 0.6 is 0 Å². The Labute approximate surface area is 84.5 Å². The number of nitrogens with zero attached hydrogens (tertiary/aromatic N) is 1. The van der Waals surface area contributed by atoms with Crippen molar-refractivity contribution in [1.29, 1.82) is 0 Å². The molecule has 1 heterocycles. The van der Waals surface area contributed by atoms with E-state index in [4.69, 9.17) is 4.74 Å². The first-order chi connectivity index (χ1) is 6.85. The maximum atomic E-state index is 5.87. The second kappa shape index (κ2) is 3.86. The molecule has 0 amide bonds. The molecular weight excluding hydrogens is 176 g/mol. The maximum Gasteiger partial charge on any atom is 0.149 e. The van der Waals surface area contributed by atoms with Crippen LogP contribution in [0.15, 0.2) is 12.4 Å². The van der Waals surface area contributed by atoms with Crippen LogP contribution in [-0.4, -0.2) is 18.1 Å². The number of anilines is 1. The summed E-state index contributed by atoms with van der Waals surface area (Å²) in [4.78, 5) is 4.17. The first-order valence-electron chi connectivity index (χ1n) is 5.16. The van der Waals surface area contributed by atoms with Gasteiger partial charge in [0.15, 0.2) is 0 Å². The van der Waals surface area contributed by atoms with Gasteiger partial charge >= 0.3 is 0 Å². The van der Waals surface area contributed by atoms with E-state index in [1.165, 1.54) is 18.4 Å². The summed E-state index contributed by atoms with van der Waals surface area (Å²) in [5, 5.41) is 3.12.